The second-order valence-electron chi connectivity index (χ2n) is 18.3. The van der Waals surface area contributed by atoms with Crippen molar-refractivity contribution in [3.8, 4) is 0 Å². The predicted molar refractivity (Wildman–Crippen MR) is 230 cm³/mol. The number of guanidine groups is 2. The molecule has 12 heteroatoms. The monoisotopic (exact) mass is 869 g/mol. The molecule has 6 aliphatic heterocycles. The van der Waals surface area contributed by atoms with Gasteiger partial charge in [-0.3, -0.25) is 19.8 Å². The fourth-order valence-electron chi connectivity index (χ4n) is 10.8. The highest BCUT2D eigenvalue weighted by molar-refractivity contribution is 5.94. The van der Waals surface area contributed by atoms with E-state index in [1.807, 2.05) is 38.1 Å². The minimum atomic E-state index is -0.246. The molecule has 1 aromatic carbocycles. The number of carbonyl (C=O) groups excluding carboxylic acids is 2. The molecular formula is C48H74Cl2N6O4. The van der Waals surface area contributed by atoms with Crippen molar-refractivity contribution in [2.75, 3.05) is 0 Å². The zero-order valence-electron chi connectivity index (χ0n) is 37.0. The number of allylic oxidation sites excluding steroid dienone is 2. The maximum atomic E-state index is 13.6. The molecular weight excluding hydrogens is 795 g/mol. The highest BCUT2D eigenvalue weighted by Gasteiger charge is 2.49. The van der Waals surface area contributed by atoms with Crippen LogP contribution in [0.1, 0.15) is 180 Å². The summed E-state index contributed by atoms with van der Waals surface area (Å²) in [6.45, 7) is 8.96. The van der Waals surface area contributed by atoms with Gasteiger partial charge in [0.05, 0.1) is 35.6 Å². The fourth-order valence-corrected chi connectivity index (χ4v) is 10.8. The summed E-state index contributed by atoms with van der Waals surface area (Å²) in [5.41, 5.74) is 5.12. The van der Waals surface area contributed by atoms with Gasteiger partial charge in [0, 0.05) is 12.8 Å². The summed E-state index contributed by atoms with van der Waals surface area (Å²) < 4.78 is 16.7. The lowest BCUT2D eigenvalue weighted by atomic mass is 9.97. The molecule has 6 aliphatic rings. The maximum absolute atomic E-state index is 13.6. The first-order chi connectivity index (χ1) is 28.3. The normalized spacial score (nSPS) is 24.9. The van der Waals surface area contributed by atoms with Gasteiger partial charge in [-0.05, 0) is 63.5 Å². The third kappa shape index (κ3) is 11.6. The molecule has 0 bridgehead atoms. The Bertz CT molecular complexity index is 1620. The summed E-state index contributed by atoms with van der Waals surface area (Å²) in [5.74, 6) is 1.66. The van der Waals surface area contributed by atoms with E-state index in [-0.39, 0.29) is 62.1 Å². The van der Waals surface area contributed by atoms with Crippen molar-refractivity contribution in [3.63, 3.8) is 0 Å². The van der Waals surface area contributed by atoms with Crippen molar-refractivity contribution in [1.82, 2.24) is 21.3 Å². The quantitative estimate of drug-likeness (QED) is 0.0801. The summed E-state index contributed by atoms with van der Waals surface area (Å²) in [5, 5.41) is 14.7. The number of unbranched alkanes of at least 4 members (excludes halogenated alkanes) is 12. The van der Waals surface area contributed by atoms with Gasteiger partial charge in [0.15, 0.2) is 0 Å². The zero-order chi connectivity index (χ0) is 40.4. The molecule has 60 heavy (non-hydrogen) atoms. The van der Waals surface area contributed by atoms with Gasteiger partial charge in [0.2, 0.25) is 0 Å². The minimum Gasteiger partial charge on any atom is -1.00 e. The van der Waals surface area contributed by atoms with Gasteiger partial charge in [-0.2, -0.15) is 0 Å². The maximum Gasteiger partial charge on any atom is 0.351 e. The number of halogens is 2. The molecule has 0 spiro atoms. The van der Waals surface area contributed by atoms with Crippen LogP contribution >= 0.6 is 0 Å². The largest absolute Gasteiger partial charge is 1.00 e. The first kappa shape index (κ1) is 47.8. The van der Waals surface area contributed by atoms with Crippen LogP contribution in [-0.4, -0.2) is 69.3 Å². The van der Waals surface area contributed by atoms with Crippen LogP contribution in [0.25, 0.3) is 0 Å². The fraction of sp³-hybridized carbons (Fsp3) is 0.708. The molecule has 0 aromatic heterocycles. The topological polar surface area (TPSA) is 107 Å². The van der Waals surface area contributed by atoms with E-state index >= 15 is 0 Å². The average molecular weight is 870 g/mol. The molecule has 2 fully saturated rings. The highest BCUT2D eigenvalue weighted by atomic mass is 35.5. The molecule has 0 aliphatic carbocycles. The zero-order valence-corrected chi connectivity index (χ0v) is 38.5. The van der Waals surface area contributed by atoms with Crippen LogP contribution in [0.15, 0.2) is 46.8 Å². The van der Waals surface area contributed by atoms with Crippen molar-refractivity contribution in [3.05, 3.63) is 57.9 Å². The van der Waals surface area contributed by atoms with E-state index in [9.17, 15) is 9.59 Å². The standard InChI is InChI=1S/C48H72N6O4.2ClH/c1-5-7-9-11-13-15-17-19-37-29-39-25-27-41-43(33(3)49-47(51-37)53(39)41)45(55)57-31-35-21-23-36(24-22-35)32-58-46(56)44-34(4)50-48-52-38(20-18-16-14-12-10-8-6-2)30-40-26-28-42(44)54(40)48;;/h21-24,37-42H,5-20,25-32H2,1-4H3,(H2,49,50,51,52,55,56);2*1H/t37-,38-,39+,40+,41-,42-;;/m0../s1. The molecule has 6 atom stereocenters. The molecule has 10 nitrogen and oxygen atoms in total. The summed E-state index contributed by atoms with van der Waals surface area (Å²) in [6, 6.07) is 9.86. The summed E-state index contributed by atoms with van der Waals surface area (Å²) >= 11 is 0. The lowest BCUT2D eigenvalue weighted by Crippen LogP contribution is -3.00. The Morgan fingerprint density at radius 2 is 0.933 bits per heavy atom. The number of hydrogen-bond acceptors (Lipinski definition) is 8. The van der Waals surface area contributed by atoms with Crippen molar-refractivity contribution in [2.45, 2.75) is 218 Å². The van der Waals surface area contributed by atoms with E-state index in [0.717, 1.165) is 84.1 Å². The molecule has 0 unspecified atom stereocenters. The number of rotatable bonds is 22. The van der Waals surface area contributed by atoms with Crippen LogP contribution in [0.4, 0.5) is 0 Å². The Balaban J connectivity index is 0.00000341. The van der Waals surface area contributed by atoms with E-state index in [2.05, 4.69) is 44.3 Å². The van der Waals surface area contributed by atoms with E-state index in [1.165, 1.54) is 103 Å². The van der Waals surface area contributed by atoms with Gasteiger partial charge in [-0.25, -0.2) is 20.2 Å². The van der Waals surface area contributed by atoms with Crippen LogP contribution in [-0.2, 0) is 32.3 Å². The average Bonchev–Trinajstić information content (AvgIpc) is 3.84. The second-order valence-corrected chi connectivity index (χ2v) is 18.3. The Hall–Kier alpha value is -3.24. The number of carbonyl (C=O) groups is 2. The molecule has 0 amide bonds. The first-order valence-electron chi connectivity index (χ1n) is 23.6. The highest BCUT2D eigenvalue weighted by Crippen LogP contribution is 2.36. The van der Waals surface area contributed by atoms with Crippen LogP contribution in [0.3, 0.4) is 0 Å². The van der Waals surface area contributed by atoms with Gasteiger partial charge in [-0.1, -0.05) is 128 Å². The van der Waals surface area contributed by atoms with Gasteiger partial charge in [0.1, 0.15) is 36.4 Å². The van der Waals surface area contributed by atoms with Crippen molar-refractivity contribution < 1.29 is 53.0 Å². The number of nitrogens with one attached hydrogen (secondary N) is 4. The molecule has 6 heterocycles. The molecule has 2 saturated heterocycles. The third-order valence-corrected chi connectivity index (χ3v) is 13.9. The van der Waals surface area contributed by atoms with E-state index in [1.54, 1.807) is 0 Å². The van der Waals surface area contributed by atoms with Crippen LogP contribution in [0, 0.1) is 0 Å². The van der Waals surface area contributed by atoms with Gasteiger partial charge >= 0.3 is 23.9 Å². The van der Waals surface area contributed by atoms with E-state index in [4.69, 9.17) is 9.47 Å². The number of hydrogen-bond donors (Lipinski definition) is 4. The lowest BCUT2D eigenvalue weighted by Gasteiger charge is -2.33. The molecule has 0 saturated carbocycles. The van der Waals surface area contributed by atoms with Crippen LogP contribution in [0.2, 0.25) is 0 Å². The van der Waals surface area contributed by atoms with Gasteiger partial charge in [0.25, 0.3) is 0 Å². The van der Waals surface area contributed by atoms with E-state index < -0.39 is 0 Å². The van der Waals surface area contributed by atoms with Gasteiger partial charge in [-0.15, -0.1) is 0 Å². The van der Waals surface area contributed by atoms with Crippen LogP contribution in [0.5, 0.6) is 0 Å². The first-order valence-corrected chi connectivity index (χ1v) is 23.6. The lowest BCUT2D eigenvalue weighted by molar-refractivity contribution is -0.581. The Kier molecular flexibility index (Phi) is 18.5. The van der Waals surface area contributed by atoms with Gasteiger partial charge < -0.3 is 34.3 Å². The summed E-state index contributed by atoms with van der Waals surface area (Å²) in [7, 11) is 0. The molecule has 1 aromatic rings. The van der Waals surface area contributed by atoms with Crippen LogP contribution < -0.4 is 46.1 Å². The number of esters is 2. The van der Waals surface area contributed by atoms with Crippen molar-refractivity contribution >= 4 is 23.9 Å². The SMILES string of the molecule is CCCCCCCCC[C@H]1C[C@H]2CC[C@H]3C(C(=O)OCc4ccc(COC(=O)C5=C(C)NC6=[N+]7[C@H](CC[C@@H]57)C[C@H](CCCCCCCCC)N6)cc4)=C(C)NC(=[N+]23)N1.[Cl-].[Cl-]. The molecule has 334 valence electrons. The summed E-state index contributed by atoms with van der Waals surface area (Å²) in [6.07, 6.45) is 27.5. The smallest absolute Gasteiger partial charge is 0.351 e. The Labute approximate surface area is 373 Å². The third-order valence-electron chi connectivity index (χ3n) is 13.9. The predicted octanol–water partition coefficient (Wildman–Crippen LogP) is 2.34. The summed E-state index contributed by atoms with van der Waals surface area (Å²) in [4.78, 5) is 27.2. The number of benzene rings is 1. The second kappa shape index (κ2) is 23.3. The molecule has 4 N–H and O–H groups in total. The van der Waals surface area contributed by atoms with Crippen molar-refractivity contribution in [2.24, 2.45) is 0 Å². The molecule has 7 rings (SSSR count). The Morgan fingerprint density at radius 1 is 0.567 bits per heavy atom. The number of ether oxygens (including phenoxy) is 2. The number of nitrogens with zero attached hydrogens (tertiary/aromatic N) is 2. The Morgan fingerprint density at radius 3 is 1.32 bits per heavy atom. The van der Waals surface area contributed by atoms with Crippen molar-refractivity contribution in [1.29, 1.82) is 0 Å². The molecule has 0 radical (unpaired) electrons. The minimum absolute atomic E-state index is 0. The van der Waals surface area contributed by atoms with E-state index in [0.29, 0.717) is 24.2 Å².